The smallest absolute Gasteiger partial charge is 0.170 e. The lowest BCUT2D eigenvalue weighted by Gasteiger charge is -1.99. The highest BCUT2D eigenvalue weighted by Gasteiger charge is 2.09. The summed E-state index contributed by atoms with van der Waals surface area (Å²) in [4.78, 5) is 0. The van der Waals surface area contributed by atoms with Crippen molar-refractivity contribution in [1.29, 1.82) is 0 Å². The van der Waals surface area contributed by atoms with Gasteiger partial charge in [-0.05, 0) is 24.5 Å². The molecule has 0 spiro atoms. The molecule has 1 aromatic carbocycles. The number of aromatic hydroxyl groups is 1. The summed E-state index contributed by atoms with van der Waals surface area (Å²) in [5, 5.41) is 14.2. The van der Waals surface area contributed by atoms with Crippen molar-refractivity contribution in [1.82, 2.24) is 5.16 Å². The molecule has 0 aliphatic carbocycles. The predicted octanol–water partition coefficient (Wildman–Crippen LogP) is 2.73. The molecule has 2 aromatic rings. The first kappa shape index (κ1) is 9.06. The summed E-state index contributed by atoms with van der Waals surface area (Å²) in [6, 6.07) is 5.09. The van der Waals surface area contributed by atoms with Crippen LogP contribution in [-0.2, 0) is 6.42 Å². The molecule has 1 aromatic heterocycles. The van der Waals surface area contributed by atoms with Gasteiger partial charge in [-0.2, -0.15) is 0 Å². The highest BCUT2D eigenvalue weighted by atomic mass is 16.5. The number of nitrogens with zero attached hydrogens (tertiary/aromatic N) is 1. The van der Waals surface area contributed by atoms with Gasteiger partial charge in [0.05, 0.1) is 5.69 Å². The lowest BCUT2D eigenvalue weighted by molar-refractivity contribution is 0.435. The third-order valence-electron chi connectivity index (χ3n) is 2.13. The summed E-state index contributed by atoms with van der Waals surface area (Å²) in [5.74, 6) is 0.766. The molecule has 1 heterocycles. The molecule has 1 N–H and O–H groups in total. The quantitative estimate of drug-likeness (QED) is 0.793. The lowest BCUT2D eigenvalue weighted by atomic mass is 10.1. The molecule has 0 bridgehead atoms. The fraction of sp³-hybridized carbons (Fsp3) is 0.364. The molecule has 2 rings (SSSR count). The maximum atomic E-state index is 9.23. The summed E-state index contributed by atoms with van der Waals surface area (Å²) in [6.07, 6.45) is 0.901. The molecule has 0 atom stereocenters. The number of hydrogen-bond acceptors (Lipinski definition) is 3. The number of fused-ring (bicyclic) bond motifs is 1. The van der Waals surface area contributed by atoms with Crippen molar-refractivity contribution in [2.75, 3.05) is 0 Å². The second-order valence-corrected chi connectivity index (χ2v) is 3.91. The molecule has 0 saturated heterocycles. The summed E-state index contributed by atoms with van der Waals surface area (Å²) >= 11 is 0. The topological polar surface area (TPSA) is 46.3 Å². The van der Waals surface area contributed by atoms with E-state index < -0.39 is 0 Å². The first-order valence-corrected chi connectivity index (χ1v) is 4.74. The van der Waals surface area contributed by atoms with Crippen LogP contribution in [0.25, 0.3) is 11.0 Å². The zero-order valence-corrected chi connectivity index (χ0v) is 8.32. The molecule has 0 unspecified atom stereocenters. The van der Waals surface area contributed by atoms with Gasteiger partial charge in [0.1, 0.15) is 5.75 Å². The monoisotopic (exact) mass is 191 g/mol. The van der Waals surface area contributed by atoms with E-state index in [2.05, 4.69) is 19.0 Å². The van der Waals surface area contributed by atoms with Crippen molar-refractivity contribution in [2.24, 2.45) is 5.92 Å². The number of rotatable bonds is 2. The number of hydrogen-bond donors (Lipinski definition) is 1. The van der Waals surface area contributed by atoms with Crippen molar-refractivity contribution >= 4 is 11.0 Å². The average molecular weight is 191 g/mol. The van der Waals surface area contributed by atoms with Crippen LogP contribution in [0.15, 0.2) is 22.7 Å². The highest BCUT2D eigenvalue weighted by molar-refractivity contribution is 5.80. The van der Waals surface area contributed by atoms with Gasteiger partial charge >= 0.3 is 0 Å². The van der Waals surface area contributed by atoms with E-state index in [1.807, 2.05) is 6.07 Å². The van der Waals surface area contributed by atoms with Gasteiger partial charge in [0, 0.05) is 11.5 Å². The Hall–Kier alpha value is -1.51. The van der Waals surface area contributed by atoms with E-state index in [4.69, 9.17) is 4.52 Å². The van der Waals surface area contributed by atoms with Crippen LogP contribution in [0.1, 0.15) is 19.5 Å². The van der Waals surface area contributed by atoms with Gasteiger partial charge in [-0.3, -0.25) is 0 Å². The maximum absolute atomic E-state index is 9.23. The van der Waals surface area contributed by atoms with Gasteiger partial charge in [0.15, 0.2) is 5.58 Å². The van der Waals surface area contributed by atoms with E-state index in [-0.39, 0.29) is 5.75 Å². The molecule has 14 heavy (non-hydrogen) atoms. The Morgan fingerprint density at radius 3 is 2.93 bits per heavy atom. The van der Waals surface area contributed by atoms with Crippen LogP contribution in [-0.4, -0.2) is 10.3 Å². The van der Waals surface area contributed by atoms with Crippen LogP contribution in [0.2, 0.25) is 0 Å². The zero-order chi connectivity index (χ0) is 10.1. The molecular weight excluding hydrogens is 178 g/mol. The molecule has 0 fully saturated rings. The lowest BCUT2D eigenvalue weighted by Crippen LogP contribution is -1.94. The van der Waals surface area contributed by atoms with Gasteiger partial charge in [-0.15, -0.1) is 0 Å². The number of aromatic nitrogens is 1. The molecule has 0 saturated carbocycles. The molecule has 3 heteroatoms. The van der Waals surface area contributed by atoms with E-state index >= 15 is 0 Å². The molecule has 3 nitrogen and oxygen atoms in total. The Kier molecular flexibility index (Phi) is 2.15. The molecule has 0 radical (unpaired) electrons. The Labute approximate surface area is 82.3 Å². The van der Waals surface area contributed by atoms with E-state index in [9.17, 15) is 5.11 Å². The molecular formula is C11H13NO2. The predicted molar refractivity (Wildman–Crippen MR) is 54.2 cm³/mol. The second kappa shape index (κ2) is 3.33. The van der Waals surface area contributed by atoms with Gasteiger partial charge in [-0.1, -0.05) is 19.0 Å². The third kappa shape index (κ3) is 1.58. The van der Waals surface area contributed by atoms with Crippen LogP contribution >= 0.6 is 0 Å². The summed E-state index contributed by atoms with van der Waals surface area (Å²) in [6.45, 7) is 4.28. The van der Waals surface area contributed by atoms with Crippen LogP contribution in [0.4, 0.5) is 0 Å². The first-order valence-electron chi connectivity index (χ1n) is 4.74. The fourth-order valence-corrected chi connectivity index (χ4v) is 1.51. The van der Waals surface area contributed by atoms with E-state index in [1.54, 1.807) is 12.1 Å². The van der Waals surface area contributed by atoms with Crippen molar-refractivity contribution < 1.29 is 9.63 Å². The van der Waals surface area contributed by atoms with E-state index in [0.717, 1.165) is 17.5 Å². The van der Waals surface area contributed by atoms with Gasteiger partial charge < -0.3 is 9.63 Å². The van der Waals surface area contributed by atoms with Crippen LogP contribution in [0.5, 0.6) is 5.75 Å². The number of phenols is 1. The van der Waals surface area contributed by atoms with Crippen LogP contribution in [0, 0.1) is 5.92 Å². The van der Waals surface area contributed by atoms with Crippen molar-refractivity contribution in [3.8, 4) is 5.75 Å². The Bertz CT molecular complexity index is 445. The van der Waals surface area contributed by atoms with Gasteiger partial charge in [0.25, 0.3) is 0 Å². The van der Waals surface area contributed by atoms with Crippen LogP contribution in [0.3, 0.4) is 0 Å². The minimum Gasteiger partial charge on any atom is -0.508 e. The molecule has 0 amide bonds. The first-order chi connectivity index (χ1) is 6.66. The molecule has 0 aliphatic heterocycles. The normalized spacial score (nSPS) is 11.4. The van der Waals surface area contributed by atoms with E-state index in [1.165, 1.54) is 0 Å². The highest BCUT2D eigenvalue weighted by Crippen LogP contribution is 2.24. The second-order valence-electron chi connectivity index (χ2n) is 3.91. The SMILES string of the molecule is CC(C)Cc1noc2cc(O)ccc12. The summed E-state index contributed by atoms with van der Waals surface area (Å²) in [5.41, 5.74) is 1.62. The minimum atomic E-state index is 0.213. The largest absolute Gasteiger partial charge is 0.508 e. The van der Waals surface area contributed by atoms with E-state index in [0.29, 0.717) is 11.5 Å². The maximum Gasteiger partial charge on any atom is 0.170 e. The van der Waals surface area contributed by atoms with Crippen LogP contribution < -0.4 is 0 Å². The average Bonchev–Trinajstić information content (AvgIpc) is 2.47. The Morgan fingerprint density at radius 1 is 1.43 bits per heavy atom. The minimum absolute atomic E-state index is 0.213. The fourth-order valence-electron chi connectivity index (χ4n) is 1.51. The zero-order valence-electron chi connectivity index (χ0n) is 8.32. The Balaban J connectivity index is 2.47. The van der Waals surface area contributed by atoms with Crippen molar-refractivity contribution in [2.45, 2.75) is 20.3 Å². The molecule has 74 valence electrons. The third-order valence-corrected chi connectivity index (χ3v) is 2.13. The summed E-state index contributed by atoms with van der Waals surface area (Å²) < 4.78 is 5.12. The van der Waals surface area contributed by atoms with Gasteiger partial charge in [0.2, 0.25) is 0 Å². The van der Waals surface area contributed by atoms with Gasteiger partial charge in [-0.25, -0.2) is 0 Å². The standard InChI is InChI=1S/C11H13NO2/c1-7(2)5-10-9-4-3-8(13)6-11(9)14-12-10/h3-4,6-7,13H,5H2,1-2H3. The van der Waals surface area contributed by atoms with Crippen molar-refractivity contribution in [3.63, 3.8) is 0 Å². The summed E-state index contributed by atoms with van der Waals surface area (Å²) in [7, 11) is 0. The number of phenolic OH excluding ortho intramolecular Hbond substituents is 1. The van der Waals surface area contributed by atoms with Crippen molar-refractivity contribution in [3.05, 3.63) is 23.9 Å². The Morgan fingerprint density at radius 2 is 2.21 bits per heavy atom. The number of benzene rings is 1. The molecule has 0 aliphatic rings.